The Morgan fingerprint density at radius 3 is 2.55 bits per heavy atom. The van der Waals surface area contributed by atoms with Crippen LogP contribution in [0.25, 0.3) is 5.65 Å². The molecule has 106 valence electrons. The zero-order valence-corrected chi connectivity index (χ0v) is 12.2. The monoisotopic (exact) mass is 272 g/mol. The van der Waals surface area contributed by atoms with Gasteiger partial charge in [-0.2, -0.15) is 9.78 Å². The number of aromatic hydroxyl groups is 1. The van der Waals surface area contributed by atoms with Gasteiger partial charge >= 0.3 is 0 Å². The van der Waals surface area contributed by atoms with Crippen molar-refractivity contribution in [1.29, 1.82) is 5.26 Å². The summed E-state index contributed by atoms with van der Waals surface area (Å²) in [7, 11) is 0. The van der Waals surface area contributed by atoms with Crippen molar-refractivity contribution in [3.8, 4) is 11.9 Å². The van der Waals surface area contributed by atoms with Crippen LogP contribution in [-0.4, -0.2) is 19.7 Å². The van der Waals surface area contributed by atoms with Gasteiger partial charge in [0, 0.05) is 5.92 Å². The van der Waals surface area contributed by atoms with Crippen LogP contribution in [0.3, 0.4) is 0 Å². The highest BCUT2D eigenvalue weighted by molar-refractivity contribution is 5.54. The summed E-state index contributed by atoms with van der Waals surface area (Å²) < 4.78 is 1.37. The van der Waals surface area contributed by atoms with E-state index in [9.17, 15) is 5.11 Å². The molecule has 0 spiro atoms. The van der Waals surface area contributed by atoms with Gasteiger partial charge in [-0.1, -0.05) is 26.7 Å². The predicted molar refractivity (Wildman–Crippen MR) is 76.7 cm³/mol. The smallest absolute Gasteiger partial charge is 0.232 e. The van der Waals surface area contributed by atoms with Crippen LogP contribution in [0.2, 0.25) is 0 Å². The van der Waals surface area contributed by atoms with E-state index in [0.29, 0.717) is 11.6 Å². The molecular weight excluding hydrogens is 252 g/mol. The van der Waals surface area contributed by atoms with Crippen molar-refractivity contribution < 1.29 is 5.11 Å². The Labute approximate surface area is 118 Å². The maximum Gasteiger partial charge on any atom is 0.232 e. The second-order valence-electron chi connectivity index (χ2n) is 5.15. The molecule has 0 aliphatic heterocycles. The van der Waals surface area contributed by atoms with E-state index >= 15 is 0 Å². The first-order valence-corrected chi connectivity index (χ1v) is 7.11. The second-order valence-corrected chi connectivity index (χ2v) is 5.15. The Bertz CT molecular complexity index is 648. The number of pyridine rings is 1. The van der Waals surface area contributed by atoms with Crippen LogP contribution >= 0.6 is 0 Å². The van der Waals surface area contributed by atoms with Gasteiger partial charge in [-0.15, -0.1) is 5.10 Å². The molecule has 2 heterocycles. The molecule has 0 aliphatic rings. The number of hydrogen-bond donors (Lipinski definition) is 1. The fourth-order valence-corrected chi connectivity index (χ4v) is 2.55. The molecule has 2 aromatic rings. The van der Waals surface area contributed by atoms with Crippen LogP contribution in [0.15, 0.2) is 6.07 Å². The molecule has 5 heteroatoms. The Morgan fingerprint density at radius 1 is 1.35 bits per heavy atom. The molecule has 0 radical (unpaired) electrons. The Morgan fingerprint density at radius 2 is 2.00 bits per heavy atom. The molecule has 0 bridgehead atoms. The molecule has 0 aromatic carbocycles. The average molecular weight is 272 g/mol. The van der Waals surface area contributed by atoms with E-state index < -0.39 is 0 Å². The third kappa shape index (κ3) is 2.46. The van der Waals surface area contributed by atoms with Crippen LogP contribution in [0.5, 0.6) is 5.88 Å². The molecule has 1 N–H and O–H groups in total. The summed E-state index contributed by atoms with van der Waals surface area (Å²) in [5.74, 6) is 0.960. The molecule has 0 unspecified atom stereocenters. The predicted octanol–water partition coefficient (Wildman–Crippen LogP) is 3.30. The largest absolute Gasteiger partial charge is 0.492 e. The van der Waals surface area contributed by atoms with Crippen LogP contribution in [0.1, 0.15) is 62.4 Å². The minimum absolute atomic E-state index is 0.118. The minimum atomic E-state index is -0.118. The summed E-state index contributed by atoms with van der Waals surface area (Å²) in [5.41, 5.74) is 1.58. The van der Waals surface area contributed by atoms with Crippen molar-refractivity contribution in [2.75, 3.05) is 0 Å². The molecule has 0 amide bonds. The van der Waals surface area contributed by atoms with Crippen molar-refractivity contribution in [2.24, 2.45) is 0 Å². The van der Waals surface area contributed by atoms with Gasteiger partial charge in [-0.05, 0) is 31.4 Å². The fraction of sp³-hybridized carbons (Fsp3) is 0.533. The SMILES string of the molecule is CCCC(CCC)c1nc2cc(C)c(C#N)c(O)n2n1. The van der Waals surface area contributed by atoms with E-state index in [1.807, 2.05) is 6.07 Å². The van der Waals surface area contributed by atoms with Gasteiger partial charge in [-0.3, -0.25) is 0 Å². The van der Waals surface area contributed by atoms with Gasteiger partial charge in [-0.25, -0.2) is 4.98 Å². The molecule has 0 saturated carbocycles. The maximum absolute atomic E-state index is 10.1. The Balaban J connectivity index is 2.53. The van der Waals surface area contributed by atoms with Gasteiger partial charge in [0.05, 0.1) is 0 Å². The Kier molecular flexibility index (Phi) is 4.23. The number of nitrogens with zero attached hydrogens (tertiary/aromatic N) is 4. The highest BCUT2D eigenvalue weighted by atomic mass is 16.3. The number of rotatable bonds is 5. The molecule has 20 heavy (non-hydrogen) atoms. The molecule has 2 aromatic heterocycles. The first-order chi connectivity index (χ1) is 9.62. The first-order valence-electron chi connectivity index (χ1n) is 7.11. The summed E-state index contributed by atoms with van der Waals surface area (Å²) in [4.78, 5) is 4.53. The summed E-state index contributed by atoms with van der Waals surface area (Å²) in [6.07, 6.45) is 4.23. The summed E-state index contributed by atoms with van der Waals surface area (Å²) in [6.45, 7) is 6.09. The van der Waals surface area contributed by atoms with Crippen LogP contribution in [-0.2, 0) is 0 Å². The van der Waals surface area contributed by atoms with E-state index in [4.69, 9.17) is 5.26 Å². The second kappa shape index (κ2) is 5.91. The van der Waals surface area contributed by atoms with Gasteiger partial charge in [0.25, 0.3) is 0 Å². The number of aromatic nitrogens is 3. The molecule has 0 fully saturated rings. The zero-order chi connectivity index (χ0) is 14.7. The molecule has 0 atom stereocenters. The quantitative estimate of drug-likeness (QED) is 0.906. The van der Waals surface area contributed by atoms with Gasteiger partial charge in [0.2, 0.25) is 5.88 Å². The lowest BCUT2D eigenvalue weighted by Gasteiger charge is -2.10. The summed E-state index contributed by atoms with van der Waals surface area (Å²) in [5, 5.41) is 23.6. The highest BCUT2D eigenvalue weighted by Gasteiger charge is 2.19. The minimum Gasteiger partial charge on any atom is -0.492 e. The molecule has 5 nitrogen and oxygen atoms in total. The van der Waals surface area contributed by atoms with Crippen molar-refractivity contribution in [1.82, 2.24) is 14.6 Å². The number of aryl methyl sites for hydroxylation is 1. The topological polar surface area (TPSA) is 74.2 Å². The van der Waals surface area contributed by atoms with E-state index in [0.717, 1.165) is 37.1 Å². The summed E-state index contributed by atoms with van der Waals surface area (Å²) in [6, 6.07) is 3.80. The highest BCUT2D eigenvalue weighted by Crippen LogP contribution is 2.27. The van der Waals surface area contributed by atoms with Crippen molar-refractivity contribution in [3.63, 3.8) is 0 Å². The van der Waals surface area contributed by atoms with Crippen LogP contribution in [0.4, 0.5) is 0 Å². The third-order valence-electron chi connectivity index (χ3n) is 3.56. The third-order valence-corrected chi connectivity index (χ3v) is 3.56. The van der Waals surface area contributed by atoms with Gasteiger partial charge in [0.15, 0.2) is 11.5 Å². The van der Waals surface area contributed by atoms with Crippen molar-refractivity contribution in [3.05, 3.63) is 23.0 Å². The standard InChI is InChI=1S/C15H20N4O/c1-4-6-11(7-5-2)14-17-13-8-10(3)12(9-16)15(20)19(13)18-14/h8,11,20H,4-7H2,1-3H3. The number of hydrogen-bond acceptors (Lipinski definition) is 4. The van der Waals surface area contributed by atoms with Crippen LogP contribution < -0.4 is 0 Å². The van der Waals surface area contributed by atoms with Crippen molar-refractivity contribution in [2.45, 2.75) is 52.4 Å². The molecule has 2 rings (SSSR count). The normalized spacial score (nSPS) is 11.2. The first kappa shape index (κ1) is 14.3. The lowest BCUT2D eigenvalue weighted by Crippen LogP contribution is -2.01. The maximum atomic E-state index is 10.1. The molecular formula is C15H20N4O. The summed E-state index contributed by atoms with van der Waals surface area (Å²) >= 11 is 0. The Hall–Kier alpha value is -2.09. The van der Waals surface area contributed by atoms with Gasteiger partial charge in [0.1, 0.15) is 11.6 Å². The van der Waals surface area contributed by atoms with Crippen molar-refractivity contribution >= 4 is 5.65 Å². The fourth-order valence-electron chi connectivity index (χ4n) is 2.55. The molecule has 0 saturated heterocycles. The van der Waals surface area contributed by atoms with E-state index in [-0.39, 0.29) is 11.4 Å². The number of nitriles is 1. The van der Waals surface area contributed by atoms with E-state index in [1.54, 1.807) is 13.0 Å². The van der Waals surface area contributed by atoms with E-state index in [2.05, 4.69) is 23.9 Å². The number of fused-ring (bicyclic) bond motifs is 1. The van der Waals surface area contributed by atoms with E-state index in [1.165, 1.54) is 4.52 Å². The average Bonchev–Trinajstić information content (AvgIpc) is 2.83. The molecule has 0 aliphatic carbocycles. The zero-order valence-electron chi connectivity index (χ0n) is 12.2. The lowest BCUT2D eigenvalue weighted by atomic mass is 9.98. The lowest BCUT2D eigenvalue weighted by molar-refractivity contribution is 0.431. The van der Waals surface area contributed by atoms with Gasteiger partial charge < -0.3 is 5.11 Å². The van der Waals surface area contributed by atoms with Crippen LogP contribution in [0, 0.1) is 18.3 Å².